The molecule has 0 heterocycles. The van der Waals surface area contributed by atoms with Gasteiger partial charge in [-0.25, -0.2) is 0 Å². The number of alkyl halides is 1. The van der Waals surface area contributed by atoms with Crippen molar-refractivity contribution in [3.05, 3.63) is 17.7 Å². The minimum absolute atomic E-state index is 0.221. The first-order chi connectivity index (χ1) is 6.16. The number of hydrogen-bond acceptors (Lipinski definition) is 3. The molecule has 1 aromatic rings. The van der Waals surface area contributed by atoms with Crippen LogP contribution in [-0.2, 0) is 6.42 Å². The highest BCUT2D eigenvalue weighted by Crippen LogP contribution is 2.37. The molecule has 0 spiro atoms. The summed E-state index contributed by atoms with van der Waals surface area (Å²) in [5.74, 6) is -0.951. The Morgan fingerprint density at radius 1 is 1.08 bits per heavy atom. The molecule has 4 heteroatoms. The smallest absolute Gasteiger partial charge is 0.200 e. The predicted octanol–water partition coefficient (Wildman–Crippen LogP) is 2.13. The molecule has 0 atom stereocenters. The molecule has 0 radical (unpaired) electrons. The molecule has 0 aliphatic carbocycles. The van der Waals surface area contributed by atoms with E-state index in [1.807, 2.05) is 0 Å². The van der Waals surface area contributed by atoms with Gasteiger partial charge in [-0.3, -0.25) is 0 Å². The fourth-order valence-electron chi connectivity index (χ4n) is 1.07. The third-order valence-corrected chi connectivity index (χ3v) is 2.35. The summed E-state index contributed by atoms with van der Waals surface area (Å²) in [5, 5.41) is 28.4. The van der Waals surface area contributed by atoms with Crippen molar-refractivity contribution in [3.63, 3.8) is 0 Å². The largest absolute Gasteiger partial charge is 0.504 e. The maximum Gasteiger partial charge on any atom is 0.200 e. The van der Waals surface area contributed by atoms with Crippen LogP contribution in [0.5, 0.6) is 17.2 Å². The van der Waals surface area contributed by atoms with Crippen LogP contribution in [0.15, 0.2) is 12.1 Å². The third kappa shape index (κ3) is 2.28. The fraction of sp³-hybridized carbons (Fsp3) is 0.333. The maximum absolute atomic E-state index is 9.38. The van der Waals surface area contributed by atoms with Crippen molar-refractivity contribution in [1.82, 2.24) is 0 Å². The first-order valence-corrected chi connectivity index (χ1v) is 5.07. The summed E-state index contributed by atoms with van der Waals surface area (Å²) in [4.78, 5) is 0. The van der Waals surface area contributed by atoms with E-state index >= 15 is 0 Å². The summed E-state index contributed by atoms with van der Waals surface area (Å²) in [6.07, 6.45) is 1.54. The number of phenols is 3. The average Bonchev–Trinajstić information content (AvgIpc) is 2.13. The Morgan fingerprint density at radius 3 is 2.38 bits per heavy atom. The summed E-state index contributed by atoms with van der Waals surface area (Å²) in [7, 11) is 0. The number of hydrogen-bond donors (Lipinski definition) is 3. The monoisotopic (exact) mass is 246 g/mol. The highest BCUT2D eigenvalue weighted by atomic mass is 79.9. The molecule has 72 valence electrons. The van der Waals surface area contributed by atoms with Crippen LogP contribution in [0.4, 0.5) is 0 Å². The highest BCUT2D eigenvalue weighted by Gasteiger charge is 2.09. The summed E-state index contributed by atoms with van der Waals surface area (Å²) in [5.41, 5.74) is 0.648. The Bertz CT molecular complexity index is 299. The lowest BCUT2D eigenvalue weighted by atomic mass is 10.1. The van der Waals surface area contributed by atoms with Crippen LogP contribution < -0.4 is 0 Å². The molecule has 0 saturated heterocycles. The Morgan fingerprint density at radius 2 is 1.77 bits per heavy atom. The fourth-order valence-corrected chi connectivity index (χ4v) is 1.35. The lowest BCUT2D eigenvalue weighted by Crippen LogP contribution is -1.87. The molecule has 0 amide bonds. The zero-order valence-electron chi connectivity index (χ0n) is 7.00. The first-order valence-electron chi connectivity index (χ1n) is 3.95. The number of aryl methyl sites for hydroxylation is 1. The molecule has 0 fully saturated rings. The van der Waals surface area contributed by atoms with E-state index in [1.54, 1.807) is 6.07 Å². The third-order valence-electron chi connectivity index (χ3n) is 1.79. The Labute approximate surface area is 84.8 Å². The van der Waals surface area contributed by atoms with E-state index in [0.717, 1.165) is 11.8 Å². The summed E-state index contributed by atoms with van der Waals surface area (Å²) < 4.78 is 0. The number of aromatic hydroxyl groups is 3. The van der Waals surface area contributed by atoms with Gasteiger partial charge in [0.05, 0.1) is 0 Å². The first kappa shape index (κ1) is 10.2. The van der Waals surface area contributed by atoms with Gasteiger partial charge in [-0.2, -0.15) is 0 Å². The quantitative estimate of drug-likeness (QED) is 0.566. The van der Waals surface area contributed by atoms with Crippen LogP contribution in [0.1, 0.15) is 12.0 Å². The van der Waals surface area contributed by atoms with Crippen LogP contribution in [0, 0.1) is 0 Å². The zero-order chi connectivity index (χ0) is 9.84. The lowest BCUT2D eigenvalue weighted by molar-refractivity contribution is 0.365. The van der Waals surface area contributed by atoms with Gasteiger partial charge < -0.3 is 15.3 Å². The van der Waals surface area contributed by atoms with Gasteiger partial charge >= 0.3 is 0 Å². The molecule has 3 N–H and O–H groups in total. The second kappa shape index (κ2) is 4.37. The van der Waals surface area contributed by atoms with E-state index in [0.29, 0.717) is 12.0 Å². The standard InChI is InChI=1S/C9H11BrO3/c10-5-1-2-6-3-4-7(11)9(13)8(6)12/h3-4,11-13H,1-2,5H2. The molecule has 13 heavy (non-hydrogen) atoms. The molecule has 0 saturated carbocycles. The van der Waals surface area contributed by atoms with Gasteiger partial charge in [0.15, 0.2) is 11.5 Å². The van der Waals surface area contributed by atoms with E-state index < -0.39 is 5.75 Å². The van der Waals surface area contributed by atoms with E-state index in [9.17, 15) is 10.2 Å². The van der Waals surface area contributed by atoms with E-state index in [1.165, 1.54) is 6.07 Å². The van der Waals surface area contributed by atoms with Gasteiger partial charge in [0, 0.05) is 5.33 Å². The van der Waals surface area contributed by atoms with Crippen LogP contribution >= 0.6 is 15.9 Å². The summed E-state index contributed by atoms with van der Waals surface area (Å²) in [6.45, 7) is 0. The molecule has 0 aromatic heterocycles. The van der Waals surface area contributed by atoms with Gasteiger partial charge in [0.1, 0.15) is 0 Å². The zero-order valence-corrected chi connectivity index (χ0v) is 8.58. The molecule has 0 bridgehead atoms. The van der Waals surface area contributed by atoms with Crippen LogP contribution in [0.2, 0.25) is 0 Å². The Kier molecular flexibility index (Phi) is 3.42. The van der Waals surface area contributed by atoms with Gasteiger partial charge in [0.25, 0.3) is 0 Å². The number of phenolic OH excluding ortho intramolecular Hbond substituents is 3. The minimum Gasteiger partial charge on any atom is -0.504 e. The number of halogens is 1. The topological polar surface area (TPSA) is 60.7 Å². The van der Waals surface area contributed by atoms with E-state index in [4.69, 9.17) is 5.11 Å². The van der Waals surface area contributed by atoms with Crippen LogP contribution in [-0.4, -0.2) is 20.6 Å². The average molecular weight is 247 g/mol. The highest BCUT2D eigenvalue weighted by molar-refractivity contribution is 9.09. The Hall–Kier alpha value is -0.900. The van der Waals surface area contributed by atoms with Crippen molar-refractivity contribution in [2.24, 2.45) is 0 Å². The van der Waals surface area contributed by atoms with Crippen LogP contribution in [0.3, 0.4) is 0 Å². The van der Waals surface area contributed by atoms with E-state index in [-0.39, 0.29) is 11.5 Å². The van der Waals surface area contributed by atoms with Crippen molar-refractivity contribution < 1.29 is 15.3 Å². The van der Waals surface area contributed by atoms with Crippen molar-refractivity contribution >= 4 is 15.9 Å². The van der Waals surface area contributed by atoms with Crippen molar-refractivity contribution in [2.75, 3.05) is 5.33 Å². The molecular formula is C9H11BrO3. The van der Waals surface area contributed by atoms with Crippen LogP contribution in [0.25, 0.3) is 0 Å². The molecule has 1 rings (SSSR count). The second-order valence-electron chi connectivity index (χ2n) is 2.73. The van der Waals surface area contributed by atoms with Gasteiger partial charge in [-0.05, 0) is 24.5 Å². The van der Waals surface area contributed by atoms with Crippen molar-refractivity contribution in [3.8, 4) is 17.2 Å². The molecule has 0 unspecified atom stereocenters. The minimum atomic E-state index is -0.438. The maximum atomic E-state index is 9.38. The molecular weight excluding hydrogens is 236 g/mol. The van der Waals surface area contributed by atoms with Crippen molar-refractivity contribution in [1.29, 1.82) is 0 Å². The van der Waals surface area contributed by atoms with Crippen molar-refractivity contribution in [2.45, 2.75) is 12.8 Å². The van der Waals surface area contributed by atoms with Gasteiger partial charge in [-0.1, -0.05) is 22.0 Å². The number of benzene rings is 1. The lowest BCUT2D eigenvalue weighted by Gasteiger charge is -2.06. The molecule has 1 aromatic carbocycles. The van der Waals surface area contributed by atoms with Gasteiger partial charge in [-0.15, -0.1) is 0 Å². The second-order valence-corrected chi connectivity index (χ2v) is 3.53. The SMILES string of the molecule is Oc1ccc(CCCBr)c(O)c1O. The molecule has 3 nitrogen and oxygen atoms in total. The number of rotatable bonds is 3. The predicted molar refractivity (Wildman–Crippen MR) is 53.6 cm³/mol. The van der Waals surface area contributed by atoms with E-state index in [2.05, 4.69) is 15.9 Å². The van der Waals surface area contributed by atoms with Gasteiger partial charge in [0.2, 0.25) is 5.75 Å². The molecule has 0 aliphatic heterocycles. The Balaban J connectivity index is 2.90. The molecule has 0 aliphatic rings. The normalized spacial score (nSPS) is 10.2. The summed E-state index contributed by atoms with van der Waals surface area (Å²) >= 11 is 3.27. The summed E-state index contributed by atoms with van der Waals surface area (Å²) in [6, 6.07) is 2.98.